The zero-order chi connectivity index (χ0) is 17.8. The van der Waals surface area contributed by atoms with Crippen molar-refractivity contribution in [2.45, 2.75) is 6.54 Å². The Balaban J connectivity index is 1.68. The van der Waals surface area contributed by atoms with E-state index < -0.39 is 5.82 Å². The molecule has 0 atom stereocenters. The fraction of sp³-hybridized carbons (Fsp3) is 0.167. The molecule has 0 saturated heterocycles. The van der Waals surface area contributed by atoms with Crippen molar-refractivity contribution in [3.63, 3.8) is 0 Å². The van der Waals surface area contributed by atoms with E-state index in [0.717, 1.165) is 10.9 Å². The molecule has 5 nitrogen and oxygen atoms in total. The summed E-state index contributed by atoms with van der Waals surface area (Å²) >= 11 is 5.99. The molecule has 0 N–H and O–H groups in total. The van der Waals surface area contributed by atoms with E-state index in [4.69, 9.17) is 16.3 Å². The zero-order valence-electron chi connectivity index (χ0n) is 13.4. The molecule has 25 heavy (non-hydrogen) atoms. The van der Waals surface area contributed by atoms with Crippen molar-refractivity contribution in [3.8, 4) is 5.88 Å². The quantitative estimate of drug-likeness (QED) is 0.700. The molecule has 0 unspecified atom stereocenters. The number of hydrogen-bond donors (Lipinski definition) is 0. The van der Waals surface area contributed by atoms with Gasteiger partial charge in [-0.05, 0) is 24.3 Å². The second-order valence-corrected chi connectivity index (χ2v) is 5.84. The van der Waals surface area contributed by atoms with Crippen LogP contribution in [0.3, 0.4) is 0 Å². The Morgan fingerprint density at radius 3 is 2.80 bits per heavy atom. The van der Waals surface area contributed by atoms with Crippen LogP contribution in [0.2, 0.25) is 5.02 Å². The van der Waals surface area contributed by atoms with Gasteiger partial charge in [-0.25, -0.2) is 14.4 Å². The van der Waals surface area contributed by atoms with Crippen LogP contribution in [0.5, 0.6) is 5.88 Å². The first-order chi connectivity index (χ1) is 12.1. The smallest absolute Gasteiger partial charge is 0.260 e. The highest BCUT2D eigenvalue weighted by Gasteiger charge is 2.15. The molecule has 3 aromatic rings. The van der Waals surface area contributed by atoms with Crippen LogP contribution in [0.15, 0.2) is 48.8 Å². The summed E-state index contributed by atoms with van der Waals surface area (Å²) in [4.78, 5) is 21.8. The first-order valence-electron chi connectivity index (χ1n) is 7.55. The molecular formula is C18H15ClFN3O2. The zero-order valence-corrected chi connectivity index (χ0v) is 14.2. The fourth-order valence-electron chi connectivity index (χ4n) is 2.34. The van der Waals surface area contributed by atoms with E-state index in [1.165, 1.54) is 23.4 Å². The number of aromatic nitrogens is 2. The number of fused-ring (bicyclic) bond motifs is 1. The summed E-state index contributed by atoms with van der Waals surface area (Å²) in [5.41, 5.74) is 0.999. The van der Waals surface area contributed by atoms with Crippen molar-refractivity contribution < 1.29 is 13.9 Å². The highest BCUT2D eigenvalue weighted by molar-refractivity contribution is 6.31. The fourth-order valence-corrected chi connectivity index (χ4v) is 2.57. The molecule has 1 heterocycles. The van der Waals surface area contributed by atoms with Gasteiger partial charge in [0.2, 0.25) is 5.88 Å². The van der Waals surface area contributed by atoms with E-state index in [0.29, 0.717) is 5.88 Å². The molecule has 0 spiro atoms. The number of amides is 1. The summed E-state index contributed by atoms with van der Waals surface area (Å²) in [5, 5.41) is 1.000. The van der Waals surface area contributed by atoms with E-state index in [9.17, 15) is 9.18 Å². The largest absolute Gasteiger partial charge is 0.467 e. The average molecular weight is 360 g/mol. The van der Waals surface area contributed by atoms with Crippen LogP contribution in [0.25, 0.3) is 10.9 Å². The van der Waals surface area contributed by atoms with E-state index in [2.05, 4.69) is 9.97 Å². The van der Waals surface area contributed by atoms with E-state index in [1.54, 1.807) is 13.1 Å². The third-order valence-corrected chi connectivity index (χ3v) is 4.08. The number of halogens is 2. The summed E-state index contributed by atoms with van der Waals surface area (Å²) < 4.78 is 19.4. The maximum atomic E-state index is 13.8. The lowest BCUT2D eigenvalue weighted by Crippen LogP contribution is -2.31. The standard InChI is InChI=1S/C18H15ClFN3O2/c1-23(9-13-14(19)6-4-7-15(13)20)17(24)10-25-18-12-5-2-3-8-16(12)21-11-22-18/h2-8,11H,9-10H2,1H3. The Morgan fingerprint density at radius 2 is 2.00 bits per heavy atom. The number of benzene rings is 2. The lowest BCUT2D eigenvalue weighted by atomic mass is 10.2. The minimum atomic E-state index is -0.449. The van der Waals surface area contributed by atoms with Crippen LogP contribution in [-0.4, -0.2) is 34.4 Å². The van der Waals surface area contributed by atoms with Gasteiger partial charge in [0.05, 0.1) is 10.9 Å². The van der Waals surface area contributed by atoms with Crippen molar-refractivity contribution in [2.75, 3.05) is 13.7 Å². The Bertz CT molecular complexity index is 894. The Labute approximate surface area is 149 Å². The second kappa shape index (κ2) is 7.44. The molecule has 0 radical (unpaired) electrons. The number of carbonyl (C=O) groups excluding carboxylic acids is 1. The summed E-state index contributed by atoms with van der Waals surface area (Å²) in [6, 6.07) is 11.8. The van der Waals surface area contributed by atoms with Gasteiger partial charge in [-0.3, -0.25) is 4.79 Å². The van der Waals surface area contributed by atoms with Crippen LogP contribution in [0, 0.1) is 5.82 Å². The molecule has 0 aliphatic rings. The van der Waals surface area contributed by atoms with Gasteiger partial charge in [-0.15, -0.1) is 0 Å². The molecule has 128 valence electrons. The van der Waals surface area contributed by atoms with Crippen molar-refractivity contribution >= 4 is 28.4 Å². The molecule has 2 aromatic carbocycles. The first kappa shape index (κ1) is 17.1. The van der Waals surface area contributed by atoms with Gasteiger partial charge < -0.3 is 9.64 Å². The Kier molecular flexibility index (Phi) is 5.09. The van der Waals surface area contributed by atoms with Crippen molar-refractivity contribution in [3.05, 3.63) is 65.2 Å². The molecule has 3 rings (SSSR count). The number of rotatable bonds is 5. The minimum Gasteiger partial charge on any atom is -0.467 e. The minimum absolute atomic E-state index is 0.0538. The SMILES string of the molecule is CN(Cc1c(F)cccc1Cl)C(=O)COc1ncnc2ccccc12. The van der Waals surface area contributed by atoms with Crippen LogP contribution >= 0.6 is 11.6 Å². The highest BCUT2D eigenvalue weighted by Crippen LogP contribution is 2.22. The van der Waals surface area contributed by atoms with Gasteiger partial charge >= 0.3 is 0 Å². The maximum Gasteiger partial charge on any atom is 0.260 e. The van der Waals surface area contributed by atoms with Crippen LogP contribution in [0.4, 0.5) is 4.39 Å². The monoisotopic (exact) mass is 359 g/mol. The van der Waals surface area contributed by atoms with Crippen molar-refractivity contribution in [1.82, 2.24) is 14.9 Å². The van der Waals surface area contributed by atoms with Crippen LogP contribution in [-0.2, 0) is 11.3 Å². The molecule has 1 amide bonds. The molecular weight excluding hydrogens is 345 g/mol. The number of likely N-dealkylation sites (N-methyl/N-ethyl adjacent to an activating group) is 1. The lowest BCUT2D eigenvalue weighted by molar-refractivity contribution is -0.132. The molecule has 7 heteroatoms. The highest BCUT2D eigenvalue weighted by atomic mass is 35.5. The van der Waals surface area contributed by atoms with Gasteiger partial charge in [0.15, 0.2) is 6.61 Å². The molecule has 0 aliphatic heterocycles. The lowest BCUT2D eigenvalue weighted by Gasteiger charge is -2.18. The summed E-state index contributed by atoms with van der Waals surface area (Å²) in [7, 11) is 1.56. The third-order valence-electron chi connectivity index (χ3n) is 3.72. The van der Waals surface area contributed by atoms with Gasteiger partial charge in [-0.2, -0.15) is 0 Å². The molecule has 1 aromatic heterocycles. The van der Waals surface area contributed by atoms with Gasteiger partial charge in [0, 0.05) is 24.2 Å². The van der Waals surface area contributed by atoms with Crippen molar-refractivity contribution in [2.24, 2.45) is 0 Å². The number of ether oxygens (including phenoxy) is 1. The molecule has 0 fully saturated rings. The third kappa shape index (κ3) is 3.85. The van der Waals surface area contributed by atoms with Crippen molar-refractivity contribution in [1.29, 1.82) is 0 Å². The predicted octanol–water partition coefficient (Wildman–Crippen LogP) is 3.46. The summed E-state index contributed by atoms with van der Waals surface area (Å²) in [6.07, 6.45) is 1.38. The Morgan fingerprint density at radius 1 is 1.20 bits per heavy atom. The maximum absolute atomic E-state index is 13.8. The van der Waals surface area contributed by atoms with Crippen LogP contribution < -0.4 is 4.74 Å². The second-order valence-electron chi connectivity index (χ2n) is 5.43. The predicted molar refractivity (Wildman–Crippen MR) is 92.9 cm³/mol. The summed E-state index contributed by atoms with van der Waals surface area (Å²) in [5.74, 6) is -0.437. The van der Waals surface area contributed by atoms with E-state index >= 15 is 0 Å². The van der Waals surface area contributed by atoms with E-state index in [-0.39, 0.29) is 29.6 Å². The average Bonchev–Trinajstić information content (AvgIpc) is 2.62. The summed E-state index contributed by atoms with van der Waals surface area (Å²) in [6.45, 7) is -0.165. The van der Waals surface area contributed by atoms with Gasteiger partial charge in [0.1, 0.15) is 12.1 Å². The molecule has 0 bridgehead atoms. The van der Waals surface area contributed by atoms with Crippen LogP contribution in [0.1, 0.15) is 5.56 Å². The number of carbonyl (C=O) groups is 1. The normalized spacial score (nSPS) is 10.7. The topological polar surface area (TPSA) is 55.3 Å². The van der Waals surface area contributed by atoms with E-state index in [1.807, 2.05) is 24.3 Å². The molecule has 0 aliphatic carbocycles. The Hall–Kier alpha value is -2.73. The number of hydrogen-bond acceptors (Lipinski definition) is 4. The first-order valence-corrected chi connectivity index (χ1v) is 7.93. The number of nitrogens with zero attached hydrogens (tertiary/aromatic N) is 3. The van der Waals surface area contributed by atoms with Gasteiger partial charge in [-0.1, -0.05) is 29.8 Å². The molecule has 0 saturated carbocycles. The van der Waals surface area contributed by atoms with Gasteiger partial charge in [0.25, 0.3) is 5.91 Å². The number of para-hydroxylation sites is 1.